The first kappa shape index (κ1) is 15.6. The molecule has 2 heterocycles. The molecule has 1 aliphatic rings. The molecule has 0 radical (unpaired) electrons. The number of carbonyl (C=O) groups excluding carboxylic acids is 1. The number of hydrogen-bond donors (Lipinski definition) is 1. The van der Waals surface area contributed by atoms with Crippen molar-refractivity contribution < 1.29 is 4.79 Å². The molecule has 0 aliphatic carbocycles. The number of carbonyl (C=O) groups is 1. The number of fused-ring (bicyclic) bond motifs is 1. The van der Waals surface area contributed by atoms with Gasteiger partial charge in [-0.1, -0.05) is 15.9 Å². The van der Waals surface area contributed by atoms with E-state index in [1.54, 1.807) is 23.5 Å². The highest BCUT2D eigenvalue weighted by Crippen LogP contribution is 2.29. The fraction of sp³-hybridized carbons (Fsp3) is 0.375. The van der Waals surface area contributed by atoms with Gasteiger partial charge in [0, 0.05) is 40.5 Å². The number of benzene rings is 1. The summed E-state index contributed by atoms with van der Waals surface area (Å²) in [6.45, 7) is 6.39. The van der Waals surface area contributed by atoms with Crippen LogP contribution < -0.4 is 5.32 Å². The van der Waals surface area contributed by atoms with Crippen molar-refractivity contribution in [3.63, 3.8) is 0 Å². The van der Waals surface area contributed by atoms with Gasteiger partial charge in [0.05, 0.1) is 5.69 Å². The van der Waals surface area contributed by atoms with Crippen LogP contribution in [0, 0.1) is 0 Å². The van der Waals surface area contributed by atoms with Gasteiger partial charge in [-0.2, -0.15) is 0 Å². The molecule has 2 aromatic rings. The monoisotopic (exact) mass is 379 g/mol. The van der Waals surface area contributed by atoms with Gasteiger partial charge >= 0.3 is 0 Å². The summed E-state index contributed by atoms with van der Waals surface area (Å²) in [6, 6.07) is 7.86. The first-order chi connectivity index (χ1) is 10.5. The summed E-state index contributed by atoms with van der Waals surface area (Å²) in [5.41, 5.74) is 1.77. The van der Waals surface area contributed by atoms with E-state index in [0.717, 1.165) is 29.7 Å². The predicted octanol–water partition coefficient (Wildman–Crippen LogP) is 3.92. The topological polar surface area (TPSA) is 45.2 Å². The second-order valence-electron chi connectivity index (χ2n) is 5.66. The third kappa shape index (κ3) is 3.39. The van der Waals surface area contributed by atoms with Crippen molar-refractivity contribution in [3.8, 4) is 0 Å². The van der Waals surface area contributed by atoms with Gasteiger partial charge in [-0.3, -0.25) is 15.0 Å². The minimum atomic E-state index is -0.112. The molecule has 4 nitrogen and oxygen atoms in total. The summed E-state index contributed by atoms with van der Waals surface area (Å²) in [6.07, 6.45) is 0.957. The maximum absolute atomic E-state index is 12.2. The quantitative estimate of drug-likeness (QED) is 0.878. The molecule has 6 heteroatoms. The van der Waals surface area contributed by atoms with Crippen LogP contribution in [-0.4, -0.2) is 28.4 Å². The molecule has 1 amide bonds. The molecule has 22 heavy (non-hydrogen) atoms. The molecule has 1 N–H and O–H groups in total. The summed E-state index contributed by atoms with van der Waals surface area (Å²) in [7, 11) is 0. The van der Waals surface area contributed by atoms with Gasteiger partial charge in [-0.15, -0.1) is 11.3 Å². The highest BCUT2D eigenvalue weighted by atomic mass is 79.9. The lowest BCUT2D eigenvalue weighted by atomic mass is 10.1. The summed E-state index contributed by atoms with van der Waals surface area (Å²) in [5, 5.41) is 3.61. The van der Waals surface area contributed by atoms with Crippen molar-refractivity contribution in [1.29, 1.82) is 0 Å². The number of nitrogens with zero attached hydrogens (tertiary/aromatic N) is 2. The molecule has 116 valence electrons. The highest BCUT2D eigenvalue weighted by molar-refractivity contribution is 9.10. The number of amides is 1. The van der Waals surface area contributed by atoms with E-state index in [-0.39, 0.29) is 5.91 Å². The summed E-state index contributed by atoms with van der Waals surface area (Å²) in [5.74, 6) is -0.112. The third-order valence-electron chi connectivity index (χ3n) is 3.82. The number of nitrogens with one attached hydrogen (secondary N) is 1. The number of aromatic nitrogens is 1. The number of thiazole rings is 1. The Morgan fingerprint density at radius 3 is 2.77 bits per heavy atom. The van der Waals surface area contributed by atoms with Gasteiger partial charge < -0.3 is 0 Å². The minimum absolute atomic E-state index is 0.112. The molecule has 0 spiro atoms. The van der Waals surface area contributed by atoms with Crippen LogP contribution in [0.2, 0.25) is 0 Å². The maximum Gasteiger partial charge on any atom is 0.257 e. The van der Waals surface area contributed by atoms with Gasteiger partial charge in [-0.05, 0) is 38.1 Å². The number of anilines is 1. The summed E-state index contributed by atoms with van der Waals surface area (Å²) < 4.78 is 0.961. The highest BCUT2D eigenvalue weighted by Gasteiger charge is 2.22. The molecule has 0 saturated heterocycles. The SMILES string of the molecule is CC(C)N1CCc2nc(NC(=O)c3ccc(Br)cc3)sc2C1. The van der Waals surface area contributed by atoms with Crippen molar-refractivity contribution in [2.75, 3.05) is 11.9 Å². The van der Waals surface area contributed by atoms with Crippen molar-refractivity contribution >= 4 is 38.3 Å². The van der Waals surface area contributed by atoms with Crippen LogP contribution in [0.4, 0.5) is 5.13 Å². The van der Waals surface area contributed by atoms with Crippen LogP contribution in [0.25, 0.3) is 0 Å². The average Bonchev–Trinajstić information content (AvgIpc) is 2.88. The van der Waals surface area contributed by atoms with E-state index in [1.807, 2.05) is 12.1 Å². The summed E-state index contributed by atoms with van der Waals surface area (Å²) in [4.78, 5) is 20.5. The van der Waals surface area contributed by atoms with E-state index in [4.69, 9.17) is 0 Å². The number of rotatable bonds is 3. The lowest BCUT2D eigenvalue weighted by molar-refractivity contribution is 0.102. The van der Waals surface area contributed by atoms with Crippen LogP contribution in [0.1, 0.15) is 34.8 Å². The molecule has 0 fully saturated rings. The molecule has 0 atom stereocenters. The van der Waals surface area contributed by atoms with E-state index in [9.17, 15) is 4.79 Å². The van der Waals surface area contributed by atoms with Gasteiger partial charge in [0.1, 0.15) is 0 Å². The lowest BCUT2D eigenvalue weighted by Crippen LogP contribution is -2.35. The molecule has 0 unspecified atom stereocenters. The third-order valence-corrected chi connectivity index (χ3v) is 5.34. The molecular formula is C16H18BrN3OS. The van der Waals surface area contributed by atoms with E-state index in [2.05, 4.69) is 45.0 Å². The number of hydrogen-bond acceptors (Lipinski definition) is 4. The first-order valence-corrected chi connectivity index (χ1v) is 8.93. The maximum atomic E-state index is 12.2. The van der Waals surface area contributed by atoms with E-state index in [0.29, 0.717) is 16.7 Å². The Morgan fingerprint density at radius 1 is 1.36 bits per heavy atom. The fourth-order valence-electron chi connectivity index (χ4n) is 2.48. The first-order valence-electron chi connectivity index (χ1n) is 7.32. The Labute approximate surface area is 142 Å². The second-order valence-corrected chi connectivity index (χ2v) is 7.66. The minimum Gasteiger partial charge on any atom is -0.298 e. The van der Waals surface area contributed by atoms with E-state index in [1.165, 1.54) is 4.88 Å². The van der Waals surface area contributed by atoms with Crippen LogP contribution >= 0.6 is 27.3 Å². The lowest BCUT2D eigenvalue weighted by Gasteiger charge is -2.29. The van der Waals surface area contributed by atoms with Gasteiger partial charge in [0.25, 0.3) is 5.91 Å². The normalized spacial score (nSPS) is 14.9. The molecule has 3 rings (SSSR count). The Kier molecular flexibility index (Phi) is 4.61. The number of halogens is 1. The Balaban J connectivity index is 1.72. The average molecular weight is 380 g/mol. The zero-order chi connectivity index (χ0) is 15.7. The van der Waals surface area contributed by atoms with E-state index < -0.39 is 0 Å². The van der Waals surface area contributed by atoms with Crippen molar-refractivity contribution in [3.05, 3.63) is 44.9 Å². The van der Waals surface area contributed by atoms with Crippen LogP contribution in [-0.2, 0) is 13.0 Å². The molecule has 0 saturated carbocycles. The van der Waals surface area contributed by atoms with Crippen LogP contribution in [0.5, 0.6) is 0 Å². The molecular weight excluding hydrogens is 362 g/mol. The fourth-order valence-corrected chi connectivity index (χ4v) is 3.77. The van der Waals surface area contributed by atoms with Gasteiger partial charge in [0.2, 0.25) is 0 Å². The van der Waals surface area contributed by atoms with Crippen LogP contribution in [0.3, 0.4) is 0 Å². The zero-order valence-corrected chi connectivity index (χ0v) is 15.0. The largest absolute Gasteiger partial charge is 0.298 e. The zero-order valence-electron chi connectivity index (χ0n) is 12.6. The molecule has 1 aromatic heterocycles. The van der Waals surface area contributed by atoms with Gasteiger partial charge in [0.15, 0.2) is 5.13 Å². The molecule has 1 aromatic carbocycles. The second kappa shape index (κ2) is 6.48. The van der Waals surface area contributed by atoms with Crippen molar-refractivity contribution in [2.45, 2.75) is 32.9 Å². The standard InChI is InChI=1S/C16H18BrN3OS/c1-10(2)20-8-7-13-14(9-20)22-16(18-13)19-15(21)11-3-5-12(17)6-4-11/h3-6,10H,7-9H2,1-2H3,(H,18,19,21). The molecule has 0 bridgehead atoms. The Hall–Kier alpha value is -1.24. The van der Waals surface area contributed by atoms with Crippen molar-refractivity contribution in [2.24, 2.45) is 0 Å². The summed E-state index contributed by atoms with van der Waals surface area (Å²) >= 11 is 4.96. The molecule has 1 aliphatic heterocycles. The van der Waals surface area contributed by atoms with Crippen LogP contribution in [0.15, 0.2) is 28.7 Å². The van der Waals surface area contributed by atoms with E-state index >= 15 is 0 Å². The van der Waals surface area contributed by atoms with Crippen molar-refractivity contribution in [1.82, 2.24) is 9.88 Å². The Morgan fingerprint density at radius 2 is 2.09 bits per heavy atom. The predicted molar refractivity (Wildman–Crippen MR) is 93.5 cm³/mol. The van der Waals surface area contributed by atoms with Gasteiger partial charge in [-0.25, -0.2) is 4.98 Å². The Bertz CT molecular complexity index is 681. The smallest absolute Gasteiger partial charge is 0.257 e.